The summed E-state index contributed by atoms with van der Waals surface area (Å²) >= 11 is 5.20. The van der Waals surface area contributed by atoms with Crippen molar-refractivity contribution in [2.45, 2.75) is 6.92 Å². The lowest BCUT2D eigenvalue weighted by molar-refractivity contribution is 0.0745. The molecule has 7 heteroatoms. The van der Waals surface area contributed by atoms with E-state index in [1.165, 1.54) is 10.3 Å². The number of halogens is 1. The lowest BCUT2D eigenvalue weighted by Crippen LogP contribution is -2.48. The predicted octanol–water partition coefficient (Wildman–Crippen LogP) is 4.34. The van der Waals surface area contributed by atoms with Crippen LogP contribution < -0.4 is 9.64 Å². The minimum atomic E-state index is 0.0281. The smallest absolute Gasteiger partial charge is 0.255 e. The Balaban J connectivity index is 1.47. The first-order chi connectivity index (χ1) is 13.0. The number of nitrogens with zero attached hydrogens (tertiary/aromatic N) is 3. The Kier molecular flexibility index (Phi) is 5.06. The van der Waals surface area contributed by atoms with Gasteiger partial charge in [-0.1, -0.05) is 17.4 Å². The minimum absolute atomic E-state index is 0.0281. The number of fused-ring (bicyclic) bond motifs is 1. The number of hydrogen-bond donors (Lipinski definition) is 0. The summed E-state index contributed by atoms with van der Waals surface area (Å²) in [5.41, 5.74) is 2.93. The highest BCUT2D eigenvalue weighted by Crippen LogP contribution is 2.30. The van der Waals surface area contributed by atoms with E-state index >= 15 is 0 Å². The molecule has 140 valence electrons. The van der Waals surface area contributed by atoms with Gasteiger partial charge in [-0.3, -0.25) is 4.79 Å². The molecule has 1 aromatic heterocycles. The van der Waals surface area contributed by atoms with Gasteiger partial charge in [0.25, 0.3) is 5.91 Å². The SMILES string of the molecule is COc1ccc(Br)c(C(=O)N2CCN(c3nc4ccc(C)cc4s3)CC2)c1. The molecule has 0 spiro atoms. The summed E-state index contributed by atoms with van der Waals surface area (Å²) in [5, 5.41) is 1.03. The molecule has 0 aliphatic carbocycles. The number of anilines is 1. The Morgan fingerprint density at radius 1 is 1.15 bits per heavy atom. The van der Waals surface area contributed by atoms with Crippen LogP contribution >= 0.6 is 27.3 Å². The number of aromatic nitrogens is 1. The lowest BCUT2D eigenvalue weighted by atomic mass is 10.1. The van der Waals surface area contributed by atoms with Crippen molar-refractivity contribution in [3.8, 4) is 5.75 Å². The quantitative estimate of drug-likeness (QED) is 0.601. The van der Waals surface area contributed by atoms with E-state index in [4.69, 9.17) is 9.72 Å². The van der Waals surface area contributed by atoms with Crippen molar-refractivity contribution in [2.24, 2.45) is 0 Å². The van der Waals surface area contributed by atoms with Gasteiger partial charge in [0.2, 0.25) is 0 Å². The zero-order valence-corrected chi connectivity index (χ0v) is 17.6. The third-order valence-electron chi connectivity index (χ3n) is 4.77. The van der Waals surface area contributed by atoms with Crippen molar-refractivity contribution < 1.29 is 9.53 Å². The Morgan fingerprint density at radius 3 is 2.67 bits per heavy atom. The molecule has 3 aromatic rings. The van der Waals surface area contributed by atoms with Gasteiger partial charge in [0.05, 0.1) is 22.9 Å². The first-order valence-corrected chi connectivity index (χ1v) is 10.4. The molecule has 0 saturated carbocycles. The van der Waals surface area contributed by atoms with Crippen LogP contribution in [0.25, 0.3) is 10.2 Å². The average molecular weight is 446 g/mol. The van der Waals surface area contributed by atoms with Gasteiger partial charge in [-0.2, -0.15) is 0 Å². The van der Waals surface area contributed by atoms with Crippen LogP contribution in [-0.2, 0) is 0 Å². The number of hydrogen-bond acceptors (Lipinski definition) is 5. The number of ether oxygens (including phenoxy) is 1. The minimum Gasteiger partial charge on any atom is -0.497 e. The second-order valence-electron chi connectivity index (χ2n) is 6.59. The molecule has 0 atom stereocenters. The number of aryl methyl sites for hydroxylation is 1. The number of methoxy groups -OCH3 is 1. The maximum absolute atomic E-state index is 12.9. The molecular weight excluding hydrogens is 426 g/mol. The molecule has 0 radical (unpaired) electrons. The van der Waals surface area contributed by atoms with E-state index < -0.39 is 0 Å². The standard InChI is InChI=1S/C20H20BrN3O2S/c1-13-3-6-17-18(11-13)27-20(22-17)24-9-7-23(8-10-24)19(25)15-12-14(26-2)4-5-16(15)21/h3-6,11-12H,7-10H2,1-2H3. The van der Waals surface area contributed by atoms with E-state index in [0.29, 0.717) is 24.4 Å². The molecule has 0 unspecified atom stereocenters. The van der Waals surface area contributed by atoms with E-state index in [1.54, 1.807) is 24.5 Å². The highest BCUT2D eigenvalue weighted by atomic mass is 79.9. The summed E-state index contributed by atoms with van der Waals surface area (Å²) in [7, 11) is 1.61. The highest BCUT2D eigenvalue weighted by Gasteiger charge is 2.25. The maximum atomic E-state index is 12.9. The van der Waals surface area contributed by atoms with Gasteiger partial charge in [-0.15, -0.1) is 0 Å². The molecule has 1 saturated heterocycles. The summed E-state index contributed by atoms with van der Waals surface area (Å²) in [5.74, 6) is 0.713. The van der Waals surface area contributed by atoms with Crippen LogP contribution in [0.2, 0.25) is 0 Å². The second kappa shape index (κ2) is 7.48. The molecule has 5 nitrogen and oxygen atoms in total. The first kappa shape index (κ1) is 18.3. The third-order valence-corrected chi connectivity index (χ3v) is 6.54. The van der Waals surface area contributed by atoms with Crippen LogP contribution in [0.4, 0.5) is 5.13 Å². The molecule has 1 amide bonds. The summed E-state index contributed by atoms with van der Waals surface area (Å²) in [6.07, 6.45) is 0. The van der Waals surface area contributed by atoms with Crippen LogP contribution in [0.3, 0.4) is 0 Å². The average Bonchev–Trinajstić information content (AvgIpc) is 3.11. The number of amides is 1. The van der Waals surface area contributed by atoms with Gasteiger partial charge in [0, 0.05) is 30.7 Å². The lowest BCUT2D eigenvalue weighted by Gasteiger charge is -2.34. The van der Waals surface area contributed by atoms with Crippen molar-refractivity contribution in [3.63, 3.8) is 0 Å². The highest BCUT2D eigenvalue weighted by molar-refractivity contribution is 9.10. The van der Waals surface area contributed by atoms with Gasteiger partial charge < -0.3 is 14.5 Å². The molecule has 2 heterocycles. The van der Waals surface area contributed by atoms with E-state index in [1.807, 2.05) is 17.0 Å². The number of benzene rings is 2. The zero-order valence-electron chi connectivity index (χ0n) is 15.2. The van der Waals surface area contributed by atoms with Crippen molar-refractivity contribution >= 4 is 48.5 Å². The molecular formula is C20H20BrN3O2S. The predicted molar refractivity (Wildman–Crippen MR) is 113 cm³/mol. The Morgan fingerprint density at radius 2 is 1.93 bits per heavy atom. The van der Waals surface area contributed by atoms with Crippen LogP contribution in [0.1, 0.15) is 15.9 Å². The largest absolute Gasteiger partial charge is 0.497 e. The fraction of sp³-hybridized carbons (Fsp3) is 0.300. The van der Waals surface area contributed by atoms with Crippen LogP contribution in [-0.4, -0.2) is 49.1 Å². The zero-order chi connectivity index (χ0) is 19.0. The third kappa shape index (κ3) is 3.66. The van der Waals surface area contributed by atoms with Gasteiger partial charge in [-0.25, -0.2) is 4.98 Å². The Bertz CT molecular complexity index is 996. The molecule has 4 rings (SSSR count). The monoisotopic (exact) mass is 445 g/mol. The number of carbonyl (C=O) groups excluding carboxylic acids is 1. The van der Waals surface area contributed by atoms with E-state index in [-0.39, 0.29) is 5.91 Å². The molecule has 27 heavy (non-hydrogen) atoms. The molecule has 2 aromatic carbocycles. The Labute approximate surface area is 170 Å². The fourth-order valence-electron chi connectivity index (χ4n) is 3.22. The maximum Gasteiger partial charge on any atom is 0.255 e. The van der Waals surface area contributed by atoms with Gasteiger partial charge >= 0.3 is 0 Å². The number of rotatable bonds is 3. The number of piperazine rings is 1. The summed E-state index contributed by atoms with van der Waals surface area (Å²) in [6.45, 7) is 5.02. The number of carbonyl (C=O) groups is 1. The first-order valence-electron chi connectivity index (χ1n) is 8.80. The molecule has 1 aliphatic rings. The van der Waals surface area contributed by atoms with Crippen molar-refractivity contribution in [1.29, 1.82) is 0 Å². The topological polar surface area (TPSA) is 45.7 Å². The van der Waals surface area contributed by atoms with E-state index in [0.717, 1.165) is 28.2 Å². The Hall–Kier alpha value is -2.12. The van der Waals surface area contributed by atoms with Crippen LogP contribution in [0.5, 0.6) is 5.75 Å². The van der Waals surface area contributed by atoms with Crippen molar-refractivity contribution in [1.82, 2.24) is 9.88 Å². The molecule has 0 bridgehead atoms. The van der Waals surface area contributed by atoms with Gasteiger partial charge in [-0.05, 0) is 58.7 Å². The second-order valence-corrected chi connectivity index (χ2v) is 8.46. The van der Waals surface area contributed by atoms with Crippen LogP contribution in [0, 0.1) is 6.92 Å². The van der Waals surface area contributed by atoms with Gasteiger partial charge in [0.1, 0.15) is 5.75 Å². The molecule has 0 N–H and O–H groups in total. The van der Waals surface area contributed by atoms with Crippen molar-refractivity contribution in [3.05, 3.63) is 52.0 Å². The summed E-state index contributed by atoms with van der Waals surface area (Å²) < 4.78 is 7.25. The molecule has 1 fully saturated rings. The molecule has 1 aliphatic heterocycles. The summed E-state index contributed by atoms with van der Waals surface area (Å²) in [4.78, 5) is 21.8. The van der Waals surface area contributed by atoms with Crippen LogP contribution in [0.15, 0.2) is 40.9 Å². The number of thiazole rings is 1. The van der Waals surface area contributed by atoms with E-state index in [2.05, 4.69) is 46.0 Å². The fourth-order valence-corrected chi connectivity index (χ4v) is 4.75. The van der Waals surface area contributed by atoms with Gasteiger partial charge in [0.15, 0.2) is 5.13 Å². The summed E-state index contributed by atoms with van der Waals surface area (Å²) in [6, 6.07) is 11.8. The van der Waals surface area contributed by atoms with Crippen molar-refractivity contribution in [2.75, 3.05) is 38.2 Å². The van der Waals surface area contributed by atoms with E-state index in [9.17, 15) is 4.79 Å². The normalized spacial score (nSPS) is 14.6.